The summed E-state index contributed by atoms with van der Waals surface area (Å²) in [5, 5.41) is 11.5. The maximum absolute atomic E-state index is 13.3. The zero-order chi connectivity index (χ0) is 24.5. The Morgan fingerprint density at radius 2 is 1.59 bits per heavy atom. The van der Waals surface area contributed by atoms with Crippen molar-refractivity contribution in [3.63, 3.8) is 0 Å². The quantitative estimate of drug-likeness (QED) is 0.256. The van der Waals surface area contributed by atoms with Gasteiger partial charge < -0.3 is 0 Å². The Labute approximate surface area is 202 Å². The van der Waals surface area contributed by atoms with Gasteiger partial charge in [-0.25, -0.2) is 0 Å². The van der Waals surface area contributed by atoms with Gasteiger partial charge in [0.1, 0.15) is 0 Å². The Bertz CT molecular complexity index is 1430. The molecule has 8 nitrogen and oxygen atoms in total. The van der Waals surface area contributed by atoms with Crippen molar-refractivity contribution < 1.29 is 21.3 Å². The molecule has 0 N–H and O–H groups in total. The van der Waals surface area contributed by atoms with Crippen molar-refractivity contribution in [1.82, 2.24) is 0 Å². The number of rotatable bonds is 7. The minimum atomic E-state index is -4.45. The fourth-order valence-electron chi connectivity index (χ4n) is 3.50. The van der Waals surface area contributed by atoms with E-state index in [9.17, 15) is 18.5 Å². The average Bonchev–Trinajstić information content (AvgIpc) is 2.84. The van der Waals surface area contributed by atoms with Crippen LogP contribution in [0, 0.1) is 10.1 Å². The molecule has 4 rings (SSSR count). The fraction of sp³-hybridized carbons (Fsp3) is 0.125. The van der Waals surface area contributed by atoms with Gasteiger partial charge in [-0.3, -0.25) is 0 Å². The van der Waals surface area contributed by atoms with Crippen LogP contribution in [-0.4, -0.2) is 52.8 Å². The molecule has 1 atom stereocenters. The van der Waals surface area contributed by atoms with E-state index in [1.165, 1.54) is 18.2 Å². The van der Waals surface area contributed by atoms with Crippen molar-refractivity contribution in [2.75, 3.05) is 26.1 Å². The molecule has 10 heteroatoms. The van der Waals surface area contributed by atoms with Gasteiger partial charge in [0.05, 0.1) is 0 Å². The molecule has 0 bridgehead atoms. The van der Waals surface area contributed by atoms with Crippen molar-refractivity contribution >= 4 is 49.9 Å². The molecule has 1 aliphatic heterocycles. The van der Waals surface area contributed by atoms with E-state index >= 15 is 0 Å². The minimum absolute atomic E-state index is 0.468. The number of fused-ring (bicyclic) bond motifs is 1. The van der Waals surface area contributed by atoms with E-state index in [2.05, 4.69) is 0 Å². The molecule has 1 heterocycles. The van der Waals surface area contributed by atoms with Gasteiger partial charge in [-0.05, 0) is 0 Å². The van der Waals surface area contributed by atoms with Crippen LogP contribution in [0.4, 0.5) is 11.4 Å². The standard InChI is InChI=1S/C24H22N2O6SSe/c1-25(2)18-14-12-17(13-15-18)24-16-21(31-3)19-8-4-7-11-23(19)34(24)32-33(29,30)22-10-6-5-9-20(22)26(27)28/h4-16H,1-3H3. The first-order valence-corrected chi connectivity index (χ1v) is 14.0. The van der Waals surface area contributed by atoms with Gasteiger partial charge in [0.25, 0.3) is 0 Å². The summed E-state index contributed by atoms with van der Waals surface area (Å²) in [5.74, 6) is 0.592. The Morgan fingerprint density at radius 3 is 2.24 bits per heavy atom. The summed E-state index contributed by atoms with van der Waals surface area (Å²) in [4.78, 5) is 12.2. The van der Waals surface area contributed by atoms with Crippen molar-refractivity contribution in [3.8, 4) is 0 Å². The number of nitro groups is 1. The summed E-state index contributed by atoms with van der Waals surface area (Å²) in [6, 6.07) is 20.2. The molecule has 0 aromatic heterocycles. The van der Waals surface area contributed by atoms with Crippen molar-refractivity contribution in [1.29, 1.82) is 0 Å². The molecule has 0 aliphatic carbocycles. The number of hydrogen-bond acceptors (Lipinski definition) is 7. The Balaban J connectivity index is 1.93. The number of nitrogens with zero attached hydrogens (tertiary/aromatic N) is 2. The first-order chi connectivity index (χ1) is 16.2. The summed E-state index contributed by atoms with van der Waals surface area (Å²) in [6.45, 7) is 0. The third kappa shape index (κ3) is 4.53. The van der Waals surface area contributed by atoms with Crippen LogP contribution in [0.5, 0.6) is 0 Å². The predicted octanol–water partition coefficient (Wildman–Crippen LogP) is 3.07. The number of nitro benzene ring substituents is 1. The van der Waals surface area contributed by atoms with Crippen molar-refractivity contribution in [2.45, 2.75) is 4.90 Å². The van der Waals surface area contributed by atoms with Crippen LogP contribution in [0.25, 0.3) is 5.76 Å². The van der Waals surface area contributed by atoms with Crippen LogP contribution in [0.2, 0.25) is 0 Å². The van der Waals surface area contributed by atoms with E-state index in [4.69, 9.17) is 8.00 Å². The predicted molar refractivity (Wildman–Crippen MR) is 133 cm³/mol. The first kappa shape index (κ1) is 23.8. The molecule has 0 radical (unpaired) electrons. The second-order valence-electron chi connectivity index (χ2n) is 7.53. The van der Waals surface area contributed by atoms with Gasteiger partial charge in [-0.2, -0.15) is 0 Å². The summed E-state index contributed by atoms with van der Waals surface area (Å²) >= 11 is -2.69. The van der Waals surface area contributed by atoms with Gasteiger partial charge in [0.15, 0.2) is 0 Å². The topological polar surface area (TPSA) is 99.0 Å². The molecule has 1 aliphatic rings. The summed E-state index contributed by atoms with van der Waals surface area (Å²) < 4.78 is 39.5. The van der Waals surface area contributed by atoms with Crippen LogP contribution >= 0.6 is 0 Å². The Kier molecular flexibility index (Phi) is 6.67. The monoisotopic (exact) mass is 546 g/mol. The van der Waals surface area contributed by atoms with Gasteiger partial charge in [0.2, 0.25) is 0 Å². The Morgan fingerprint density at radius 1 is 0.941 bits per heavy atom. The molecule has 0 spiro atoms. The van der Waals surface area contributed by atoms with Crippen LogP contribution in [0.3, 0.4) is 0 Å². The number of ether oxygens (including phenoxy) is 1. The second kappa shape index (κ2) is 9.52. The van der Waals surface area contributed by atoms with E-state index in [-0.39, 0.29) is 0 Å². The number of anilines is 1. The van der Waals surface area contributed by atoms with E-state index in [0.29, 0.717) is 14.6 Å². The fourth-order valence-corrected chi connectivity index (χ4v) is 9.94. The molecule has 3 aromatic rings. The van der Waals surface area contributed by atoms with Crippen molar-refractivity contribution in [3.05, 3.63) is 100 Å². The molecule has 3 aromatic carbocycles. The number of allylic oxidation sites excluding steroid dienone is 1. The average molecular weight is 545 g/mol. The Hall–Kier alpha value is -3.30. The molecule has 1 unspecified atom stereocenters. The van der Waals surface area contributed by atoms with Gasteiger partial charge >= 0.3 is 202 Å². The van der Waals surface area contributed by atoms with E-state index in [0.717, 1.165) is 22.9 Å². The summed E-state index contributed by atoms with van der Waals surface area (Å²) in [6.07, 6.45) is 1.80. The first-order valence-electron chi connectivity index (χ1n) is 10.2. The van der Waals surface area contributed by atoms with E-state index in [1.54, 1.807) is 13.2 Å². The molecule has 0 saturated carbocycles. The third-order valence-corrected chi connectivity index (χ3v) is 11.5. The van der Waals surface area contributed by atoms with E-state index < -0.39 is 39.4 Å². The molecule has 0 amide bonds. The van der Waals surface area contributed by atoms with Crippen LogP contribution in [0.15, 0.2) is 83.8 Å². The molecular formula is C24H22N2O6SSe. The molecule has 0 saturated heterocycles. The van der Waals surface area contributed by atoms with Gasteiger partial charge in [0, 0.05) is 0 Å². The van der Waals surface area contributed by atoms with Crippen LogP contribution in [-0.2, 0) is 18.1 Å². The summed E-state index contributed by atoms with van der Waals surface area (Å²) in [7, 11) is 0.969. The number of hydrogen-bond donors (Lipinski definition) is 0. The van der Waals surface area contributed by atoms with Crippen LogP contribution < -0.4 is 9.36 Å². The zero-order valence-electron chi connectivity index (χ0n) is 18.7. The zero-order valence-corrected chi connectivity index (χ0v) is 21.2. The third-order valence-electron chi connectivity index (χ3n) is 5.19. The molecule has 176 valence electrons. The number of benzene rings is 3. The number of methoxy groups -OCH3 is 1. The molecule has 34 heavy (non-hydrogen) atoms. The normalized spacial score (nSPS) is 15.3. The van der Waals surface area contributed by atoms with Crippen LogP contribution in [0.1, 0.15) is 11.1 Å². The molecule has 0 fully saturated rings. The SMILES string of the molecule is COC1=CC(c2ccc(N(C)C)cc2)=[Se](OS(=O)(=O)c2ccccc2[N+](=O)[O-])c2ccccc21. The second-order valence-corrected chi connectivity index (χ2v) is 12.8. The number of para-hydroxylation sites is 1. The summed E-state index contributed by atoms with van der Waals surface area (Å²) in [5.41, 5.74) is 1.99. The van der Waals surface area contributed by atoms with E-state index in [1.807, 2.05) is 67.5 Å². The van der Waals surface area contributed by atoms with Gasteiger partial charge in [-0.1, -0.05) is 0 Å². The molecular weight excluding hydrogens is 523 g/mol. The van der Waals surface area contributed by atoms with Gasteiger partial charge in [-0.15, -0.1) is 0 Å². The maximum atomic E-state index is 13.3. The van der Waals surface area contributed by atoms with Crippen molar-refractivity contribution in [2.24, 2.45) is 0 Å².